The normalized spacial score (nSPS) is 20.5. The lowest BCUT2D eigenvalue weighted by atomic mass is 9.96. The average Bonchev–Trinajstić information content (AvgIpc) is 3.73. The molecule has 2 heterocycles. The molecule has 49 heavy (non-hydrogen) atoms. The van der Waals surface area contributed by atoms with Gasteiger partial charge in [0.1, 0.15) is 11.5 Å². The van der Waals surface area contributed by atoms with Gasteiger partial charge in [-0.3, -0.25) is 9.80 Å². The fraction of sp³-hybridized carbons (Fsp3) is 0.385. The Kier molecular flexibility index (Phi) is 13.1. The third-order valence-electron chi connectivity index (χ3n) is 9.63. The fourth-order valence-corrected chi connectivity index (χ4v) is 10.0. The summed E-state index contributed by atoms with van der Waals surface area (Å²) in [7, 11) is 3.43. The van der Waals surface area contributed by atoms with Crippen LogP contribution in [0.3, 0.4) is 0 Å². The zero-order valence-corrected chi connectivity index (χ0v) is 32.7. The first-order valence-corrected chi connectivity index (χ1v) is 20.3. The Bertz CT molecular complexity index is 1710. The van der Waals surface area contributed by atoms with Gasteiger partial charge in [-0.15, -0.1) is 23.5 Å². The number of thioether (sulfide) groups is 2. The minimum atomic E-state index is -0.656. The molecule has 6 rings (SSSR count). The molecule has 2 saturated heterocycles. The van der Waals surface area contributed by atoms with E-state index in [0.29, 0.717) is 13.0 Å². The molecule has 2 fully saturated rings. The van der Waals surface area contributed by atoms with E-state index in [4.69, 9.17) is 9.47 Å². The molecule has 4 aromatic carbocycles. The largest absolute Gasteiger partial charge is 0.496 e. The minimum absolute atomic E-state index is 0.0166. The lowest BCUT2D eigenvalue weighted by molar-refractivity contribution is -0.0298. The van der Waals surface area contributed by atoms with Crippen LogP contribution in [0, 0.1) is 0 Å². The summed E-state index contributed by atoms with van der Waals surface area (Å²) >= 11 is 10.8. The highest BCUT2D eigenvalue weighted by Gasteiger charge is 2.44. The Balaban J connectivity index is 1.13. The van der Waals surface area contributed by atoms with Crippen molar-refractivity contribution in [2.45, 2.75) is 77.9 Å². The van der Waals surface area contributed by atoms with E-state index in [1.165, 1.54) is 20.9 Å². The van der Waals surface area contributed by atoms with E-state index in [2.05, 4.69) is 102 Å². The van der Waals surface area contributed by atoms with Crippen molar-refractivity contribution in [3.63, 3.8) is 0 Å². The summed E-state index contributed by atoms with van der Waals surface area (Å²) in [6.45, 7) is 3.14. The van der Waals surface area contributed by atoms with Crippen molar-refractivity contribution in [2.75, 3.05) is 27.3 Å². The zero-order valence-electron chi connectivity index (χ0n) is 27.9. The molecule has 2 N–H and O–H groups in total. The highest BCUT2D eigenvalue weighted by atomic mass is 79.9. The molecule has 0 aliphatic carbocycles. The molecule has 6 nitrogen and oxygen atoms in total. The average molecular weight is 829 g/mol. The van der Waals surface area contributed by atoms with Crippen LogP contribution in [-0.4, -0.2) is 71.6 Å². The van der Waals surface area contributed by atoms with Gasteiger partial charge in [-0.2, -0.15) is 0 Å². The lowest BCUT2D eigenvalue weighted by Gasteiger charge is -2.37. The number of aliphatic hydroxyl groups is 2. The number of hydrogen-bond donors (Lipinski definition) is 2. The standard InChI is InChI=1S/C39H44Br2N2O4S2/c1-46-34-15-13-30(40)20-28(34)24-48-36-11-5-3-8-26(36)22-42-18-7-10-32(42)39(45)38-33(44)17-19-43(38)23-27-9-4-6-12-37(27)49-25-29-21-31(41)14-16-35(29)47-2/h3-6,8-9,11-16,20-21,32-33,38-39,44-45H,7,10,17-19,22-25H2,1-2H3. The molecule has 0 aromatic heterocycles. The van der Waals surface area contributed by atoms with Crippen molar-refractivity contribution in [2.24, 2.45) is 0 Å². The van der Waals surface area contributed by atoms with Crippen LogP contribution in [0.25, 0.3) is 0 Å². The van der Waals surface area contributed by atoms with Crippen molar-refractivity contribution in [1.29, 1.82) is 0 Å². The Labute approximate surface area is 315 Å². The highest BCUT2D eigenvalue weighted by molar-refractivity contribution is 9.10. The van der Waals surface area contributed by atoms with Crippen LogP contribution in [0.2, 0.25) is 0 Å². The number of benzene rings is 4. The predicted molar refractivity (Wildman–Crippen MR) is 208 cm³/mol. The molecule has 2 aliphatic rings. The summed E-state index contributed by atoms with van der Waals surface area (Å²) in [6.07, 6.45) is 1.40. The zero-order chi connectivity index (χ0) is 34.3. The molecular weight excluding hydrogens is 784 g/mol. The SMILES string of the molecule is COc1ccc(Br)cc1CSc1ccccc1CN1CCCC1C(O)C1C(O)CCN1Cc1ccccc1SCc1cc(Br)ccc1OC. The third-order valence-corrected chi connectivity index (χ3v) is 12.9. The van der Waals surface area contributed by atoms with Crippen molar-refractivity contribution >= 4 is 55.4 Å². The number of nitrogens with zero attached hydrogens (tertiary/aromatic N) is 2. The van der Waals surface area contributed by atoms with Gasteiger partial charge >= 0.3 is 0 Å². The van der Waals surface area contributed by atoms with Gasteiger partial charge < -0.3 is 19.7 Å². The van der Waals surface area contributed by atoms with Gasteiger partial charge in [0.15, 0.2) is 0 Å². The Morgan fingerprint density at radius 3 is 1.80 bits per heavy atom. The summed E-state index contributed by atoms with van der Waals surface area (Å²) in [5.41, 5.74) is 4.76. The van der Waals surface area contributed by atoms with Gasteiger partial charge in [-0.25, -0.2) is 0 Å². The quantitative estimate of drug-likeness (QED) is 0.123. The van der Waals surface area contributed by atoms with Gasteiger partial charge in [0.25, 0.3) is 0 Å². The second-order valence-corrected chi connectivity index (χ2v) is 16.6. The Morgan fingerprint density at radius 1 is 0.714 bits per heavy atom. The van der Waals surface area contributed by atoms with Gasteiger partial charge in [-0.1, -0.05) is 68.3 Å². The Morgan fingerprint density at radius 2 is 1.24 bits per heavy atom. The van der Waals surface area contributed by atoms with Crippen molar-refractivity contribution in [1.82, 2.24) is 9.80 Å². The van der Waals surface area contributed by atoms with Crippen molar-refractivity contribution in [3.05, 3.63) is 116 Å². The summed E-state index contributed by atoms with van der Waals surface area (Å²) in [5, 5.41) is 23.3. The first kappa shape index (κ1) is 36.8. The van der Waals surface area contributed by atoms with Gasteiger partial charge in [0.2, 0.25) is 0 Å². The summed E-state index contributed by atoms with van der Waals surface area (Å²) in [5.74, 6) is 3.35. The maximum absolute atomic E-state index is 12.0. The van der Waals surface area contributed by atoms with E-state index in [1.807, 2.05) is 36.0 Å². The summed E-state index contributed by atoms with van der Waals surface area (Å²) < 4.78 is 13.3. The van der Waals surface area contributed by atoms with Crippen LogP contribution < -0.4 is 9.47 Å². The first-order chi connectivity index (χ1) is 23.8. The van der Waals surface area contributed by atoms with Crippen LogP contribution in [0.5, 0.6) is 11.5 Å². The second kappa shape index (κ2) is 17.5. The van der Waals surface area contributed by atoms with E-state index in [0.717, 1.165) is 75.6 Å². The molecular formula is C39H44Br2N2O4S2. The van der Waals surface area contributed by atoms with E-state index < -0.39 is 12.2 Å². The summed E-state index contributed by atoms with van der Waals surface area (Å²) in [4.78, 5) is 7.18. The molecule has 0 radical (unpaired) electrons. The van der Waals surface area contributed by atoms with Crippen LogP contribution >= 0.6 is 55.4 Å². The third kappa shape index (κ3) is 9.08. The lowest BCUT2D eigenvalue weighted by Crippen LogP contribution is -2.53. The van der Waals surface area contributed by atoms with E-state index in [-0.39, 0.29) is 12.1 Å². The predicted octanol–water partition coefficient (Wildman–Crippen LogP) is 8.77. The van der Waals surface area contributed by atoms with E-state index >= 15 is 0 Å². The number of aliphatic hydroxyl groups excluding tert-OH is 2. The molecule has 0 bridgehead atoms. The number of ether oxygens (including phenoxy) is 2. The number of rotatable bonds is 14. The first-order valence-electron chi connectivity index (χ1n) is 16.7. The van der Waals surface area contributed by atoms with Gasteiger partial charge in [-0.05, 0) is 85.5 Å². The molecule has 0 amide bonds. The molecule has 0 saturated carbocycles. The van der Waals surface area contributed by atoms with Crippen LogP contribution in [0.1, 0.15) is 41.5 Å². The molecule has 4 atom stereocenters. The van der Waals surface area contributed by atoms with Gasteiger partial charge in [0, 0.05) is 67.0 Å². The molecule has 4 aromatic rings. The molecule has 2 aliphatic heterocycles. The van der Waals surface area contributed by atoms with Crippen LogP contribution in [-0.2, 0) is 24.6 Å². The minimum Gasteiger partial charge on any atom is -0.496 e. The number of hydrogen-bond acceptors (Lipinski definition) is 8. The molecule has 0 spiro atoms. The molecule has 260 valence electrons. The monoisotopic (exact) mass is 826 g/mol. The van der Waals surface area contributed by atoms with Crippen molar-refractivity contribution < 1.29 is 19.7 Å². The summed E-state index contributed by atoms with van der Waals surface area (Å²) in [6, 6.07) is 29.0. The van der Waals surface area contributed by atoms with E-state index in [1.54, 1.807) is 26.0 Å². The van der Waals surface area contributed by atoms with E-state index in [9.17, 15) is 10.2 Å². The maximum atomic E-state index is 12.0. The van der Waals surface area contributed by atoms with Crippen LogP contribution in [0.4, 0.5) is 0 Å². The number of likely N-dealkylation sites (tertiary alicyclic amines) is 2. The second-order valence-electron chi connectivity index (χ2n) is 12.7. The maximum Gasteiger partial charge on any atom is 0.122 e. The van der Waals surface area contributed by atoms with Crippen molar-refractivity contribution in [3.8, 4) is 11.5 Å². The number of methoxy groups -OCH3 is 2. The topological polar surface area (TPSA) is 65.4 Å². The van der Waals surface area contributed by atoms with Gasteiger partial charge in [0.05, 0.1) is 32.5 Å². The Hall–Kier alpha value is -2.02. The highest BCUT2D eigenvalue weighted by Crippen LogP contribution is 2.37. The fourth-order valence-electron chi connectivity index (χ4n) is 7.17. The smallest absolute Gasteiger partial charge is 0.122 e. The number of halogens is 2. The van der Waals surface area contributed by atoms with Crippen LogP contribution in [0.15, 0.2) is 104 Å². The molecule has 10 heteroatoms. The molecule has 4 unspecified atom stereocenters.